The molecule has 0 aliphatic carbocycles. The molecule has 2 fully saturated rings. The predicted molar refractivity (Wildman–Crippen MR) is 189 cm³/mol. The zero-order valence-corrected chi connectivity index (χ0v) is 28.1. The van der Waals surface area contributed by atoms with Crippen LogP contribution in [0.4, 0.5) is 11.6 Å². The van der Waals surface area contributed by atoms with E-state index < -0.39 is 11.8 Å². The van der Waals surface area contributed by atoms with E-state index in [1.54, 1.807) is 29.3 Å². The van der Waals surface area contributed by atoms with Crippen molar-refractivity contribution in [2.45, 2.75) is 25.1 Å². The molecule has 0 radical (unpaired) electrons. The Balaban J connectivity index is 0.987. The number of anilines is 2. The number of nitrogens with zero attached hydrogens (tertiary/aromatic N) is 9. The van der Waals surface area contributed by atoms with Gasteiger partial charge in [-0.3, -0.25) is 9.80 Å². The van der Waals surface area contributed by atoms with Crippen molar-refractivity contribution in [1.82, 2.24) is 39.2 Å². The smallest absolute Gasteiger partial charge is 0.225 e. The third-order valence-corrected chi connectivity index (χ3v) is 9.93. The van der Waals surface area contributed by atoms with Crippen molar-refractivity contribution < 1.29 is 19.0 Å². The van der Waals surface area contributed by atoms with Crippen LogP contribution in [0.5, 0.6) is 5.75 Å². The third kappa shape index (κ3) is 6.04. The van der Waals surface area contributed by atoms with E-state index in [0.29, 0.717) is 48.0 Å². The van der Waals surface area contributed by atoms with Gasteiger partial charge < -0.3 is 29.6 Å². The molecule has 8 rings (SSSR count). The van der Waals surface area contributed by atoms with E-state index in [0.717, 1.165) is 69.4 Å². The minimum atomic E-state index is -1.02. The summed E-state index contributed by atoms with van der Waals surface area (Å²) in [5.74, 6) is 1.96. The highest BCUT2D eigenvalue weighted by Crippen LogP contribution is 2.36. The highest BCUT2D eigenvalue weighted by atomic mass is 16.5. The maximum absolute atomic E-state index is 12.3. The van der Waals surface area contributed by atoms with Crippen LogP contribution in [0.25, 0.3) is 28.3 Å². The molecule has 6 aromatic rings. The minimum Gasteiger partial charge on any atom is -0.494 e. The van der Waals surface area contributed by atoms with Crippen molar-refractivity contribution in [1.29, 1.82) is 0 Å². The second-order valence-corrected chi connectivity index (χ2v) is 13.0. The Morgan fingerprint density at radius 1 is 0.920 bits per heavy atom. The number of rotatable bonds is 11. The molecule has 4 aromatic heterocycles. The fourth-order valence-electron chi connectivity index (χ4n) is 7.05. The molecule has 0 spiro atoms. The molecule has 14 nitrogen and oxygen atoms in total. The van der Waals surface area contributed by atoms with Crippen molar-refractivity contribution in [3.05, 3.63) is 84.8 Å². The molecule has 2 saturated heterocycles. The first-order chi connectivity index (χ1) is 24.5. The maximum atomic E-state index is 12.3. The van der Waals surface area contributed by atoms with E-state index >= 15 is 0 Å². The van der Waals surface area contributed by atoms with Crippen LogP contribution in [0.3, 0.4) is 0 Å². The zero-order chi connectivity index (χ0) is 34.1. The number of ether oxygens (including phenoxy) is 2. The molecule has 0 amide bonds. The van der Waals surface area contributed by atoms with Gasteiger partial charge in [0, 0.05) is 51.5 Å². The number of nitrogens with two attached hydrogens (primary N) is 1. The summed E-state index contributed by atoms with van der Waals surface area (Å²) in [6.07, 6.45) is 3.34. The number of aromatic nitrogens is 6. The molecule has 260 valence electrons. The summed E-state index contributed by atoms with van der Waals surface area (Å²) in [5, 5.41) is 22.3. The summed E-state index contributed by atoms with van der Waals surface area (Å²) < 4.78 is 20.2. The Labute approximate surface area is 289 Å². The van der Waals surface area contributed by atoms with Gasteiger partial charge in [-0.2, -0.15) is 14.6 Å². The van der Waals surface area contributed by atoms with Crippen molar-refractivity contribution in [3.8, 4) is 17.3 Å². The lowest BCUT2D eigenvalue weighted by molar-refractivity contribution is -0.0669. The number of morpholine rings is 1. The van der Waals surface area contributed by atoms with Crippen LogP contribution in [-0.2, 0) is 10.3 Å². The molecular formula is C36H42N10O4. The van der Waals surface area contributed by atoms with Crippen LogP contribution < -0.4 is 15.4 Å². The van der Waals surface area contributed by atoms with Gasteiger partial charge in [0.1, 0.15) is 17.5 Å². The highest BCUT2D eigenvalue weighted by Gasteiger charge is 2.43. The lowest BCUT2D eigenvalue weighted by atomic mass is 9.89. The Bertz CT molecular complexity index is 2020. The van der Waals surface area contributed by atoms with E-state index in [1.165, 1.54) is 4.52 Å². The molecule has 2 aromatic carbocycles. The summed E-state index contributed by atoms with van der Waals surface area (Å²) in [6, 6.07) is 21.8. The van der Waals surface area contributed by atoms with E-state index in [-0.39, 0.29) is 5.95 Å². The van der Waals surface area contributed by atoms with E-state index in [1.807, 2.05) is 49.4 Å². The number of fused-ring (bicyclic) bond motifs is 3. The lowest BCUT2D eigenvalue weighted by Gasteiger charge is -2.45. The topological polar surface area (TPSA) is 148 Å². The van der Waals surface area contributed by atoms with Crippen LogP contribution in [0.15, 0.2) is 83.6 Å². The largest absolute Gasteiger partial charge is 0.494 e. The Morgan fingerprint density at radius 3 is 2.44 bits per heavy atom. The van der Waals surface area contributed by atoms with E-state index in [9.17, 15) is 5.11 Å². The quantitative estimate of drug-likeness (QED) is 0.194. The number of benzene rings is 2. The Morgan fingerprint density at radius 2 is 1.70 bits per heavy atom. The van der Waals surface area contributed by atoms with Crippen molar-refractivity contribution in [2.24, 2.45) is 0 Å². The molecule has 14 heteroatoms. The van der Waals surface area contributed by atoms with Crippen molar-refractivity contribution in [3.63, 3.8) is 0 Å². The fourth-order valence-corrected chi connectivity index (χ4v) is 7.05. The summed E-state index contributed by atoms with van der Waals surface area (Å²) in [7, 11) is 0. The highest BCUT2D eigenvalue weighted by molar-refractivity contribution is 5.90. The van der Waals surface area contributed by atoms with Gasteiger partial charge in [-0.05, 0) is 55.3 Å². The van der Waals surface area contributed by atoms with Gasteiger partial charge in [-0.15, -0.1) is 5.10 Å². The van der Waals surface area contributed by atoms with Gasteiger partial charge in [0.05, 0.1) is 37.7 Å². The Hall–Kier alpha value is -5.02. The molecule has 50 heavy (non-hydrogen) atoms. The van der Waals surface area contributed by atoms with Crippen molar-refractivity contribution in [2.75, 3.05) is 76.3 Å². The SMILES string of the molecule is C[C@](c1ccccc1)(C(O)N1CCN(c2ccc(OCCCN3CCOCC3)cc2)CC1)n1ncc2c1nc(N)n1nc(-c3ccco3)nc21. The first kappa shape index (κ1) is 32.2. The monoisotopic (exact) mass is 678 g/mol. The predicted octanol–water partition coefficient (Wildman–Crippen LogP) is 3.32. The fraction of sp³-hybridized carbons (Fsp3) is 0.389. The van der Waals surface area contributed by atoms with E-state index in [4.69, 9.17) is 34.7 Å². The van der Waals surface area contributed by atoms with Gasteiger partial charge in [0.15, 0.2) is 17.1 Å². The first-order valence-electron chi connectivity index (χ1n) is 17.2. The molecule has 2 aliphatic heterocycles. The number of aliphatic hydroxyl groups excluding tert-OH is 1. The summed E-state index contributed by atoms with van der Waals surface area (Å²) in [6.45, 7) is 10.2. The van der Waals surface area contributed by atoms with Crippen LogP contribution >= 0.6 is 0 Å². The molecular weight excluding hydrogens is 636 g/mol. The molecule has 6 heterocycles. The normalized spacial score (nSPS) is 18.1. The second kappa shape index (κ2) is 13.7. The number of piperazine rings is 1. The number of furan rings is 1. The van der Waals surface area contributed by atoms with Crippen LogP contribution in [0.2, 0.25) is 0 Å². The molecule has 2 aliphatic rings. The van der Waals surface area contributed by atoms with E-state index in [2.05, 4.69) is 31.9 Å². The summed E-state index contributed by atoms with van der Waals surface area (Å²) in [4.78, 5) is 16.3. The average molecular weight is 679 g/mol. The number of aliphatic hydroxyl groups is 1. The summed E-state index contributed by atoms with van der Waals surface area (Å²) in [5.41, 5.74) is 8.45. The van der Waals surface area contributed by atoms with Gasteiger partial charge in [-0.25, -0.2) is 9.67 Å². The molecule has 0 saturated carbocycles. The molecule has 0 bridgehead atoms. The summed E-state index contributed by atoms with van der Waals surface area (Å²) >= 11 is 0. The molecule has 3 N–H and O–H groups in total. The van der Waals surface area contributed by atoms with Gasteiger partial charge in [0.25, 0.3) is 0 Å². The van der Waals surface area contributed by atoms with Gasteiger partial charge >= 0.3 is 0 Å². The van der Waals surface area contributed by atoms with Crippen molar-refractivity contribution >= 4 is 28.3 Å². The van der Waals surface area contributed by atoms with Gasteiger partial charge in [-0.1, -0.05) is 30.3 Å². The first-order valence-corrected chi connectivity index (χ1v) is 17.2. The van der Waals surface area contributed by atoms with Gasteiger partial charge in [0.2, 0.25) is 11.8 Å². The second-order valence-electron chi connectivity index (χ2n) is 13.0. The molecule has 2 atom stereocenters. The zero-order valence-electron chi connectivity index (χ0n) is 28.1. The number of nitrogen functional groups attached to an aromatic ring is 1. The number of hydrogen-bond acceptors (Lipinski definition) is 12. The lowest BCUT2D eigenvalue weighted by Crippen LogP contribution is -2.59. The molecule has 1 unspecified atom stereocenters. The third-order valence-electron chi connectivity index (χ3n) is 9.93. The standard InChI is InChI=1S/C36H42N10O4/c1-36(26-7-3-2-4-8-26,46-33-29(25-38-46)32-39-31(30-9-5-21-50-30)41-45(32)35(37)40-33)34(47)44-17-15-43(16-18-44)27-10-12-28(13-11-27)49-22-6-14-42-19-23-48-24-20-42/h2-5,7-13,21,25,34,47H,6,14-20,22-24H2,1H3,(H2,37,40)/t34?,36-/m0/s1. The minimum absolute atomic E-state index is 0.155. The Kier molecular flexibility index (Phi) is 8.83. The maximum Gasteiger partial charge on any atom is 0.225 e. The number of hydrogen-bond donors (Lipinski definition) is 2. The van der Waals surface area contributed by atoms with Crippen LogP contribution in [0.1, 0.15) is 18.9 Å². The van der Waals surface area contributed by atoms with Crippen LogP contribution in [-0.4, -0.2) is 116 Å². The van der Waals surface area contributed by atoms with Crippen LogP contribution in [0, 0.1) is 0 Å². The average Bonchev–Trinajstić information content (AvgIpc) is 3.95.